The van der Waals surface area contributed by atoms with E-state index in [1.165, 1.54) is 17.3 Å². The van der Waals surface area contributed by atoms with Crippen LogP contribution >= 0.6 is 11.8 Å². The number of hydrogen-bond acceptors (Lipinski definition) is 6. The van der Waals surface area contributed by atoms with Crippen LogP contribution in [-0.2, 0) is 11.3 Å². The van der Waals surface area contributed by atoms with Crippen LogP contribution in [0.1, 0.15) is 18.4 Å². The van der Waals surface area contributed by atoms with Gasteiger partial charge in [0.15, 0.2) is 5.82 Å². The van der Waals surface area contributed by atoms with Crippen molar-refractivity contribution in [3.63, 3.8) is 0 Å². The standard InChI is InChI=1S/C23H27N5O2S/c1-30-20-9-7-18(8-10-20)22-25-23(27-26-22)31-16-21(29)24-19-11-13-28(14-12-19)15-17-5-3-2-4-6-17/h2-10,19H,11-16H2,1H3,(H,24,29)(H,25,26,27). The van der Waals surface area contributed by atoms with Crippen molar-refractivity contribution < 1.29 is 9.53 Å². The first-order valence-corrected chi connectivity index (χ1v) is 11.4. The molecule has 2 heterocycles. The van der Waals surface area contributed by atoms with Crippen LogP contribution < -0.4 is 10.1 Å². The first kappa shape index (κ1) is 21.4. The average molecular weight is 438 g/mol. The molecule has 1 fully saturated rings. The Labute approximate surface area is 186 Å². The first-order valence-electron chi connectivity index (χ1n) is 10.4. The van der Waals surface area contributed by atoms with E-state index in [4.69, 9.17) is 4.74 Å². The second-order valence-electron chi connectivity index (χ2n) is 7.59. The highest BCUT2D eigenvalue weighted by Gasteiger charge is 2.21. The second kappa shape index (κ2) is 10.5. The number of benzene rings is 2. The van der Waals surface area contributed by atoms with Gasteiger partial charge >= 0.3 is 0 Å². The summed E-state index contributed by atoms with van der Waals surface area (Å²) in [7, 11) is 1.64. The number of likely N-dealkylation sites (tertiary alicyclic amines) is 1. The number of carbonyl (C=O) groups is 1. The van der Waals surface area contributed by atoms with Gasteiger partial charge in [0.05, 0.1) is 12.9 Å². The van der Waals surface area contributed by atoms with Crippen LogP contribution in [0.4, 0.5) is 0 Å². The number of piperidine rings is 1. The second-order valence-corrected chi connectivity index (χ2v) is 8.53. The van der Waals surface area contributed by atoms with Crippen molar-refractivity contribution in [2.45, 2.75) is 30.6 Å². The van der Waals surface area contributed by atoms with Gasteiger partial charge in [0, 0.05) is 31.2 Å². The molecule has 0 bridgehead atoms. The monoisotopic (exact) mass is 437 g/mol. The van der Waals surface area contributed by atoms with E-state index in [1.807, 2.05) is 30.3 Å². The molecule has 8 heteroatoms. The number of ether oxygens (including phenoxy) is 1. The van der Waals surface area contributed by atoms with Crippen molar-refractivity contribution in [3.8, 4) is 17.1 Å². The molecule has 7 nitrogen and oxygen atoms in total. The van der Waals surface area contributed by atoms with E-state index in [0.717, 1.165) is 43.8 Å². The minimum Gasteiger partial charge on any atom is -0.497 e. The van der Waals surface area contributed by atoms with Crippen molar-refractivity contribution in [3.05, 3.63) is 60.2 Å². The summed E-state index contributed by atoms with van der Waals surface area (Å²) < 4.78 is 5.17. The summed E-state index contributed by atoms with van der Waals surface area (Å²) in [5.74, 6) is 1.81. The number of aromatic nitrogens is 3. The highest BCUT2D eigenvalue weighted by Crippen LogP contribution is 2.22. The molecule has 1 aliphatic rings. The van der Waals surface area contributed by atoms with Gasteiger partial charge in [-0.1, -0.05) is 42.1 Å². The molecule has 1 aromatic heterocycles. The summed E-state index contributed by atoms with van der Waals surface area (Å²) in [5.41, 5.74) is 2.26. The number of nitrogens with zero attached hydrogens (tertiary/aromatic N) is 3. The van der Waals surface area contributed by atoms with E-state index in [9.17, 15) is 4.79 Å². The lowest BCUT2D eigenvalue weighted by molar-refractivity contribution is -0.119. The number of methoxy groups -OCH3 is 1. The lowest BCUT2D eigenvalue weighted by atomic mass is 10.0. The van der Waals surface area contributed by atoms with Gasteiger partial charge in [-0.15, -0.1) is 5.10 Å². The summed E-state index contributed by atoms with van der Waals surface area (Å²) >= 11 is 1.34. The van der Waals surface area contributed by atoms with Crippen LogP contribution in [0.2, 0.25) is 0 Å². The largest absolute Gasteiger partial charge is 0.497 e. The van der Waals surface area contributed by atoms with E-state index in [1.54, 1.807) is 7.11 Å². The topological polar surface area (TPSA) is 83.1 Å². The Bertz CT molecular complexity index is 969. The molecular formula is C23H27N5O2S. The number of H-pyrrole nitrogens is 1. The molecule has 31 heavy (non-hydrogen) atoms. The van der Waals surface area contributed by atoms with E-state index in [0.29, 0.717) is 16.7 Å². The normalized spacial score (nSPS) is 15.0. The van der Waals surface area contributed by atoms with E-state index >= 15 is 0 Å². The molecule has 0 unspecified atom stereocenters. The Kier molecular flexibility index (Phi) is 7.22. The lowest BCUT2D eigenvalue weighted by Gasteiger charge is -2.32. The van der Waals surface area contributed by atoms with Crippen molar-refractivity contribution >= 4 is 17.7 Å². The average Bonchev–Trinajstić information content (AvgIpc) is 3.29. The van der Waals surface area contributed by atoms with Crippen LogP contribution in [0.5, 0.6) is 5.75 Å². The number of amides is 1. The van der Waals surface area contributed by atoms with Crippen LogP contribution in [0.15, 0.2) is 59.8 Å². The summed E-state index contributed by atoms with van der Waals surface area (Å²) in [4.78, 5) is 19.3. The van der Waals surface area contributed by atoms with Gasteiger partial charge in [0.25, 0.3) is 0 Å². The zero-order valence-corrected chi connectivity index (χ0v) is 18.4. The van der Waals surface area contributed by atoms with Gasteiger partial charge in [-0.05, 0) is 42.7 Å². The number of thioether (sulfide) groups is 1. The zero-order valence-electron chi connectivity index (χ0n) is 17.6. The third-order valence-electron chi connectivity index (χ3n) is 5.36. The maximum absolute atomic E-state index is 12.4. The third-order valence-corrected chi connectivity index (χ3v) is 6.21. The number of hydrogen-bond donors (Lipinski definition) is 2. The van der Waals surface area contributed by atoms with E-state index in [2.05, 4.69) is 49.7 Å². The highest BCUT2D eigenvalue weighted by molar-refractivity contribution is 7.99. The maximum Gasteiger partial charge on any atom is 0.230 e. The number of carbonyl (C=O) groups excluding carboxylic acids is 1. The first-order chi connectivity index (χ1) is 15.2. The fraction of sp³-hybridized carbons (Fsp3) is 0.348. The minimum atomic E-state index is 0.0299. The fourth-order valence-electron chi connectivity index (χ4n) is 3.67. The maximum atomic E-state index is 12.4. The summed E-state index contributed by atoms with van der Waals surface area (Å²) in [6.45, 7) is 2.97. The molecule has 4 rings (SSSR count). The minimum absolute atomic E-state index is 0.0299. The van der Waals surface area contributed by atoms with Gasteiger partial charge in [0.2, 0.25) is 11.1 Å². The fourth-order valence-corrected chi connectivity index (χ4v) is 4.27. The molecule has 3 aromatic rings. The molecule has 2 N–H and O–H groups in total. The van der Waals surface area contributed by atoms with Crippen molar-refractivity contribution in [2.24, 2.45) is 0 Å². The lowest BCUT2D eigenvalue weighted by Crippen LogP contribution is -2.44. The van der Waals surface area contributed by atoms with Crippen molar-refractivity contribution in [2.75, 3.05) is 26.0 Å². The van der Waals surface area contributed by atoms with Crippen LogP contribution in [0, 0.1) is 0 Å². The van der Waals surface area contributed by atoms with Crippen molar-refractivity contribution in [1.82, 2.24) is 25.4 Å². The highest BCUT2D eigenvalue weighted by atomic mass is 32.2. The van der Waals surface area contributed by atoms with Crippen LogP contribution in [0.3, 0.4) is 0 Å². The molecule has 1 saturated heterocycles. The van der Waals surface area contributed by atoms with Gasteiger partial charge in [-0.2, -0.15) is 0 Å². The molecular weight excluding hydrogens is 410 g/mol. The zero-order chi connectivity index (χ0) is 21.5. The van der Waals surface area contributed by atoms with E-state index < -0.39 is 0 Å². The Hall–Kier alpha value is -2.84. The molecule has 0 spiro atoms. The number of nitrogens with one attached hydrogen (secondary N) is 2. The Balaban J connectivity index is 1.19. The predicted molar refractivity (Wildman–Crippen MR) is 122 cm³/mol. The molecule has 2 aromatic carbocycles. The molecule has 0 saturated carbocycles. The SMILES string of the molecule is COc1ccc(-c2nc(SCC(=O)NC3CCN(Cc4ccccc4)CC3)n[nH]2)cc1. The van der Waals surface area contributed by atoms with Gasteiger partial charge < -0.3 is 10.1 Å². The molecule has 0 aliphatic carbocycles. The van der Waals surface area contributed by atoms with Crippen molar-refractivity contribution in [1.29, 1.82) is 0 Å². The molecule has 0 atom stereocenters. The molecule has 1 amide bonds. The molecule has 0 radical (unpaired) electrons. The van der Waals surface area contributed by atoms with E-state index in [-0.39, 0.29) is 11.9 Å². The van der Waals surface area contributed by atoms with Gasteiger partial charge in [-0.3, -0.25) is 14.8 Å². The summed E-state index contributed by atoms with van der Waals surface area (Å²) in [6.07, 6.45) is 1.96. The Morgan fingerprint density at radius 3 is 2.61 bits per heavy atom. The third kappa shape index (κ3) is 6.08. The quantitative estimate of drug-likeness (QED) is 0.526. The number of aromatic amines is 1. The van der Waals surface area contributed by atoms with Crippen LogP contribution in [-0.4, -0.2) is 58.0 Å². The molecule has 162 valence electrons. The summed E-state index contributed by atoms with van der Waals surface area (Å²) in [5, 5.41) is 10.9. The number of rotatable bonds is 8. The van der Waals surface area contributed by atoms with Gasteiger partial charge in [-0.25, -0.2) is 4.98 Å². The smallest absolute Gasteiger partial charge is 0.230 e. The Morgan fingerprint density at radius 1 is 1.16 bits per heavy atom. The van der Waals surface area contributed by atoms with Gasteiger partial charge in [0.1, 0.15) is 5.75 Å². The predicted octanol–water partition coefficient (Wildman–Crippen LogP) is 3.35. The van der Waals surface area contributed by atoms with Crippen LogP contribution in [0.25, 0.3) is 11.4 Å². The summed E-state index contributed by atoms with van der Waals surface area (Å²) in [6, 6.07) is 18.4. The molecule has 1 aliphatic heterocycles. The Morgan fingerprint density at radius 2 is 1.90 bits per heavy atom.